The fourth-order valence-electron chi connectivity index (χ4n) is 0.851. The Morgan fingerprint density at radius 2 is 2.14 bits per heavy atom. The summed E-state index contributed by atoms with van der Waals surface area (Å²) in [5.74, 6) is -0.459. The van der Waals surface area contributed by atoms with Crippen LogP contribution >= 0.6 is 0 Å². The van der Waals surface area contributed by atoms with Gasteiger partial charge in [-0.05, 0) is 6.92 Å². The maximum Gasteiger partial charge on any atom is 0.410 e. The first-order chi connectivity index (χ1) is 6.65. The minimum Gasteiger partial charge on any atom is -0.465 e. The monoisotopic (exact) mass is 201 g/mol. The van der Waals surface area contributed by atoms with E-state index in [9.17, 15) is 9.59 Å². The van der Waals surface area contributed by atoms with Crippen LogP contribution < -0.4 is 0 Å². The molecule has 0 heterocycles. The van der Waals surface area contributed by atoms with Gasteiger partial charge in [0.05, 0.1) is 13.7 Å². The van der Waals surface area contributed by atoms with Crippen molar-refractivity contribution >= 4 is 12.1 Å². The van der Waals surface area contributed by atoms with E-state index >= 15 is 0 Å². The summed E-state index contributed by atoms with van der Waals surface area (Å²) < 4.78 is 9.17. The molecule has 5 heteroatoms. The van der Waals surface area contributed by atoms with Crippen LogP contribution in [0.15, 0.2) is 12.7 Å². The molecule has 0 atom stereocenters. The first-order valence-electron chi connectivity index (χ1n) is 4.25. The molecular weight excluding hydrogens is 186 g/mol. The van der Waals surface area contributed by atoms with E-state index in [2.05, 4.69) is 11.3 Å². The van der Waals surface area contributed by atoms with E-state index in [0.717, 1.165) is 0 Å². The molecule has 0 N–H and O–H groups in total. The Morgan fingerprint density at radius 1 is 1.50 bits per heavy atom. The number of hydrogen-bond donors (Lipinski definition) is 0. The van der Waals surface area contributed by atoms with E-state index < -0.39 is 12.1 Å². The number of amides is 1. The van der Waals surface area contributed by atoms with Gasteiger partial charge >= 0.3 is 12.1 Å². The van der Waals surface area contributed by atoms with Crippen molar-refractivity contribution in [2.45, 2.75) is 6.92 Å². The van der Waals surface area contributed by atoms with Crippen molar-refractivity contribution in [1.82, 2.24) is 4.90 Å². The molecule has 0 aliphatic rings. The number of rotatable bonds is 5. The molecule has 5 nitrogen and oxygen atoms in total. The number of hydrogen-bond acceptors (Lipinski definition) is 4. The highest BCUT2D eigenvalue weighted by molar-refractivity contribution is 5.78. The Labute approximate surface area is 83.3 Å². The highest BCUT2D eigenvalue weighted by atomic mass is 16.5. The third-order valence-electron chi connectivity index (χ3n) is 1.41. The number of methoxy groups -OCH3 is 1. The minimum absolute atomic E-state index is 0.119. The Balaban J connectivity index is 4.14. The summed E-state index contributed by atoms with van der Waals surface area (Å²) in [6.45, 7) is 5.60. The molecule has 0 fully saturated rings. The first-order valence-corrected chi connectivity index (χ1v) is 4.25. The van der Waals surface area contributed by atoms with E-state index in [0.29, 0.717) is 6.61 Å². The lowest BCUT2D eigenvalue weighted by atomic mass is 10.5. The van der Waals surface area contributed by atoms with Crippen molar-refractivity contribution in [3.05, 3.63) is 12.7 Å². The fraction of sp³-hybridized carbons (Fsp3) is 0.556. The van der Waals surface area contributed by atoms with Gasteiger partial charge in [0, 0.05) is 6.54 Å². The molecular formula is C9H15NO4. The molecule has 0 saturated carbocycles. The van der Waals surface area contributed by atoms with Crippen LogP contribution in [-0.4, -0.2) is 43.8 Å². The smallest absolute Gasteiger partial charge is 0.410 e. The van der Waals surface area contributed by atoms with Crippen LogP contribution in [0.3, 0.4) is 0 Å². The van der Waals surface area contributed by atoms with E-state index in [4.69, 9.17) is 4.74 Å². The summed E-state index contributed by atoms with van der Waals surface area (Å²) >= 11 is 0. The molecule has 0 bridgehead atoms. The molecule has 0 aromatic rings. The van der Waals surface area contributed by atoms with E-state index in [-0.39, 0.29) is 13.1 Å². The number of nitrogens with zero attached hydrogens (tertiary/aromatic N) is 1. The predicted octanol–water partition coefficient (Wildman–Crippen LogP) is 0.804. The third-order valence-corrected chi connectivity index (χ3v) is 1.41. The highest BCUT2D eigenvalue weighted by Gasteiger charge is 2.16. The largest absolute Gasteiger partial charge is 0.465 e. The van der Waals surface area contributed by atoms with Gasteiger partial charge in [-0.15, -0.1) is 6.58 Å². The van der Waals surface area contributed by atoms with E-state index in [1.54, 1.807) is 6.92 Å². The predicted molar refractivity (Wildman–Crippen MR) is 50.8 cm³/mol. The first kappa shape index (κ1) is 12.5. The SMILES string of the molecule is C=CCN(CC(=O)OCC)C(=O)OC. The molecule has 0 aliphatic heterocycles. The normalized spacial score (nSPS) is 9.00. The van der Waals surface area contributed by atoms with Crippen molar-refractivity contribution in [2.75, 3.05) is 26.8 Å². The molecule has 0 aliphatic carbocycles. The summed E-state index contributed by atoms with van der Waals surface area (Å²) in [6, 6.07) is 0. The second kappa shape index (κ2) is 6.94. The summed E-state index contributed by atoms with van der Waals surface area (Å²) in [4.78, 5) is 23.3. The van der Waals surface area contributed by atoms with Crippen LogP contribution in [0, 0.1) is 0 Å². The molecule has 0 aromatic carbocycles. The second-order valence-electron chi connectivity index (χ2n) is 2.44. The highest BCUT2D eigenvalue weighted by Crippen LogP contribution is 1.94. The van der Waals surface area contributed by atoms with Gasteiger partial charge in [0.25, 0.3) is 0 Å². The molecule has 0 spiro atoms. The lowest BCUT2D eigenvalue weighted by Crippen LogP contribution is -2.36. The summed E-state index contributed by atoms with van der Waals surface area (Å²) in [7, 11) is 1.25. The average Bonchev–Trinajstić information content (AvgIpc) is 2.16. The van der Waals surface area contributed by atoms with Crippen LogP contribution in [0.5, 0.6) is 0 Å². The summed E-state index contributed by atoms with van der Waals surface area (Å²) in [6.07, 6.45) is 0.939. The van der Waals surface area contributed by atoms with Gasteiger partial charge < -0.3 is 9.47 Å². The number of carbonyl (C=O) groups excluding carboxylic acids is 2. The van der Waals surface area contributed by atoms with Crippen molar-refractivity contribution in [1.29, 1.82) is 0 Å². The van der Waals surface area contributed by atoms with Crippen LogP contribution in [0.25, 0.3) is 0 Å². The minimum atomic E-state index is -0.571. The zero-order valence-corrected chi connectivity index (χ0v) is 8.49. The van der Waals surface area contributed by atoms with Gasteiger partial charge in [-0.3, -0.25) is 9.69 Å². The Kier molecular flexibility index (Phi) is 6.19. The Morgan fingerprint density at radius 3 is 2.57 bits per heavy atom. The molecule has 14 heavy (non-hydrogen) atoms. The molecule has 0 radical (unpaired) electrons. The average molecular weight is 201 g/mol. The topological polar surface area (TPSA) is 55.8 Å². The van der Waals surface area contributed by atoms with E-state index in [1.165, 1.54) is 18.1 Å². The molecule has 1 amide bonds. The molecule has 80 valence electrons. The number of ether oxygens (including phenoxy) is 2. The third kappa shape index (κ3) is 4.49. The van der Waals surface area contributed by atoms with Gasteiger partial charge in [-0.2, -0.15) is 0 Å². The van der Waals surface area contributed by atoms with Gasteiger partial charge in [0.1, 0.15) is 6.54 Å². The van der Waals surface area contributed by atoms with Gasteiger partial charge in [0.15, 0.2) is 0 Å². The van der Waals surface area contributed by atoms with Crippen molar-refractivity contribution in [3.8, 4) is 0 Å². The number of esters is 1. The zero-order chi connectivity index (χ0) is 11.0. The van der Waals surface area contributed by atoms with E-state index in [1.807, 2.05) is 0 Å². The number of carbonyl (C=O) groups is 2. The standard InChI is InChI=1S/C9H15NO4/c1-4-6-10(9(12)13-3)7-8(11)14-5-2/h4H,1,5-7H2,2-3H3. The summed E-state index contributed by atoms with van der Waals surface area (Å²) in [5.41, 5.74) is 0. The van der Waals surface area contributed by atoms with Crippen LogP contribution in [0.2, 0.25) is 0 Å². The quantitative estimate of drug-likeness (QED) is 0.487. The molecule has 0 saturated heterocycles. The maximum absolute atomic E-state index is 11.1. The van der Waals surface area contributed by atoms with Crippen LogP contribution in [-0.2, 0) is 14.3 Å². The lowest BCUT2D eigenvalue weighted by molar-refractivity contribution is -0.143. The lowest BCUT2D eigenvalue weighted by Gasteiger charge is -2.17. The van der Waals surface area contributed by atoms with Gasteiger partial charge in [-0.1, -0.05) is 6.08 Å². The maximum atomic E-state index is 11.1. The second-order valence-corrected chi connectivity index (χ2v) is 2.44. The van der Waals surface area contributed by atoms with Crippen molar-refractivity contribution in [2.24, 2.45) is 0 Å². The molecule has 0 aromatic heterocycles. The van der Waals surface area contributed by atoms with Crippen molar-refractivity contribution in [3.63, 3.8) is 0 Å². The van der Waals surface area contributed by atoms with Crippen molar-refractivity contribution < 1.29 is 19.1 Å². The zero-order valence-electron chi connectivity index (χ0n) is 8.49. The van der Waals surface area contributed by atoms with Gasteiger partial charge in [0.2, 0.25) is 0 Å². The van der Waals surface area contributed by atoms with Crippen LogP contribution in [0.4, 0.5) is 4.79 Å². The fourth-order valence-corrected chi connectivity index (χ4v) is 0.851. The Hall–Kier alpha value is -1.52. The summed E-state index contributed by atoms with van der Waals surface area (Å²) in [5, 5.41) is 0. The Bertz CT molecular complexity index is 215. The van der Waals surface area contributed by atoms with Crippen LogP contribution in [0.1, 0.15) is 6.92 Å². The molecule has 0 unspecified atom stereocenters. The molecule has 0 rings (SSSR count). The van der Waals surface area contributed by atoms with Gasteiger partial charge in [-0.25, -0.2) is 4.79 Å².